The van der Waals surface area contributed by atoms with Gasteiger partial charge in [-0.25, -0.2) is 0 Å². The lowest BCUT2D eigenvalue weighted by atomic mass is 10.1. The van der Waals surface area contributed by atoms with Crippen molar-refractivity contribution in [3.8, 4) is 6.07 Å². The predicted molar refractivity (Wildman–Crippen MR) is 83.7 cm³/mol. The summed E-state index contributed by atoms with van der Waals surface area (Å²) in [6.07, 6.45) is 6.32. The zero-order chi connectivity index (χ0) is 15.5. The molecule has 1 atom stereocenters. The van der Waals surface area contributed by atoms with Crippen molar-refractivity contribution in [2.75, 3.05) is 18.4 Å². The Morgan fingerprint density at radius 2 is 2.09 bits per heavy atom. The lowest BCUT2D eigenvalue weighted by molar-refractivity contribution is -0.384. The highest BCUT2D eigenvalue weighted by Gasteiger charge is 2.30. The summed E-state index contributed by atoms with van der Waals surface area (Å²) in [5, 5.41) is 23.4. The number of hydrogen-bond donors (Lipinski definition) is 1. The van der Waals surface area contributed by atoms with Crippen molar-refractivity contribution in [2.24, 2.45) is 0 Å². The second kappa shape index (κ2) is 6.32. The van der Waals surface area contributed by atoms with Crippen LogP contribution in [0.2, 0.25) is 0 Å². The van der Waals surface area contributed by atoms with Gasteiger partial charge < -0.3 is 5.32 Å². The molecule has 1 saturated heterocycles. The summed E-state index contributed by atoms with van der Waals surface area (Å²) in [5.41, 5.74) is 1.00. The van der Waals surface area contributed by atoms with E-state index in [1.165, 1.54) is 37.8 Å². The molecule has 1 saturated carbocycles. The molecule has 116 valence electrons. The Kier molecular flexibility index (Phi) is 4.25. The summed E-state index contributed by atoms with van der Waals surface area (Å²) in [4.78, 5) is 12.9. The maximum Gasteiger partial charge on any atom is 0.270 e. The zero-order valence-corrected chi connectivity index (χ0v) is 12.5. The zero-order valence-electron chi connectivity index (χ0n) is 12.5. The lowest BCUT2D eigenvalue weighted by Gasteiger charge is -2.23. The predicted octanol–water partition coefficient (Wildman–Crippen LogP) is 2.90. The normalized spacial score (nSPS) is 22.6. The molecule has 1 aromatic carbocycles. The third kappa shape index (κ3) is 3.04. The molecule has 6 nitrogen and oxygen atoms in total. The minimum atomic E-state index is -0.470. The van der Waals surface area contributed by atoms with E-state index >= 15 is 0 Å². The standard InChI is InChI=1S/C16H20N4O2/c17-10-12-9-15(20(21)22)5-6-16(12)18-13-7-8-19(11-13)14-3-1-2-4-14/h5-6,9,13-14,18H,1-4,7-8,11H2. The fourth-order valence-corrected chi connectivity index (χ4v) is 3.59. The van der Waals surface area contributed by atoms with Crippen LogP contribution in [0.5, 0.6) is 0 Å². The van der Waals surface area contributed by atoms with E-state index in [2.05, 4.69) is 16.3 Å². The summed E-state index contributed by atoms with van der Waals surface area (Å²) in [5.74, 6) is 0. The van der Waals surface area contributed by atoms with Crippen LogP contribution in [0.1, 0.15) is 37.7 Å². The van der Waals surface area contributed by atoms with Gasteiger partial charge in [-0.2, -0.15) is 5.26 Å². The van der Waals surface area contributed by atoms with Gasteiger partial charge in [-0.05, 0) is 25.3 Å². The number of hydrogen-bond acceptors (Lipinski definition) is 5. The topological polar surface area (TPSA) is 82.2 Å². The average molecular weight is 300 g/mol. The van der Waals surface area contributed by atoms with Gasteiger partial charge in [0.05, 0.1) is 16.2 Å². The first-order valence-corrected chi connectivity index (χ1v) is 7.86. The summed E-state index contributed by atoms with van der Waals surface area (Å²) < 4.78 is 0. The molecule has 2 fully saturated rings. The van der Waals surface area contributed by atoms with Crippen LogP contribution in [0.15, 0.2) is 18.2 Å². The molecule has 0 amide bonds. The van der Waals surface area contributed by atoms with E-state index < -0.39 is 4.92 Å². The average Bonchev–Trinajstić information content (AvgIpc) is 3.18. The van der Waals surface area contributed by atoms with Gasteiger partial charge in [0.15, 0.2) is 0 Å². The van der Waals surface area contributed by atoms with Gasteiger partial charge in [0.25, 0.3) is 5.69 Å². The maximum atomic E-state index is 10.8. The molecule has 3 rings (SSSR count). The molecule has 1 aromatic rings. The summed E-state index contributed by atoms with van der Waals surface area (Å²) in [6, 6.07) is 7.52. The van der Waals surface area contributed by atoms with Crippen molar-refractivity contribution in [3.63, 3.8) is 0 Å². The number of non-ortho nitro benzene ring substituents is 1. The first-order chi connectivity index (χ1) is 10.7. The largest absolute Gasteiger partial charge is 0.380 e. The highest BCUT2D eigenvalue weighted by Crippen LogP contribution is 2.28. The van der Waals surface area contributed by atoms with Gasteiger partial charge >= 0.3 is 0 Å². The van der Waals surface area contributed by atoms with E-state index in [0.717, 1.165) is 25.6 Å². The van der Waals surface area contributed by atoms with Crippen molar-refractivity contribution >= 4 is 11.4 Å². The third-order valence-electron chi connectivity index (χ3n) is 4.75. The van der Waals surface area contributed by atoms with Crippen LogP contribution in [0.25, 0.3) is 0 Å². The fourth-order valence-electron chi connectivity index (χ4n) is 3.59. The van der Waals surface area contributed by atoms with E-state index in [-0.39, 0.29) is 5.69 Å². The Bertz CT molecular complexity index is 605. The Morgan fingerprint density at radius 3 is 2.77 bits per heavy atom. The van der Waals surface area contributed by atoms with Gasteiger partial charge in [-0.1, -0.05) is 12.8 Å². The molecule has 0 bridgehead atoms. The number of nitro groups is 1. The fraction of sp³-hybridized carbons (Fsp3) is 0.562. The van der Waals surface area contributed by atoms with Crippen LogP contribution < -0.4 is 5.32 Å². The van der Waals surface area contributed by atoms with E-state index in [4.69, 9.17) is 0 Å². The van der Waals surface area contributed by atoms with Crippen LogP contribution >= 0.6 is 0 Å². The van der Waals surface area contributed by atoms with Crippen LogP contribution in [-0.4, -0.2) is 35.0 Å². The van der Waals surface area contributed by atoms with Gasteiger partial charge in [0.1, 0.15) is 6.07 Å². The van der Waals surface area contributed by atoms with Crippen molar-refractivity contribution in [1.29, 1.82) is 5.26 Å². The van der Waals surface area contributed by atoms with E-state index in [0.29, 0.717) is 17.3 Å². The molecule has 2 aliphatic rings. The molecule has 22 heavy (non-hydrogen) atoms. The summed E-state index contributed by atoms with van der Waals surface area (Å²) in [6.45, 7) is 2.09. The number of benzene rings is 1. The Hall–Kier alpha value is -2.13. The second-order valence-corrected chi connectivity index (χ2v) is 6.16. The summed E-state index contributed by atoms with van der Waals surface area (Å²) in [7, 11) is 0. The first kappa shape index (κ1) is 14.8. The molecule has 0 aromatic heterocycles. The number of nitrogens with zero attached hydrogens (tertiary/aromatic N) is 3. The van der Waals surface area contributed by atoms with Crippen molar-refractivity contribution in [1.82, 2.24) is 4.90 Å². The van der Waals surface area contributed by atoms with Crippen molar-refractivity contribution in [2.45, 2.75) is 44.2 Å². The number of likely N-dealkylation sites (tertiary alicyclic amines) is 1. The SMILES string of the molecule is N#Cc1cc([N+](=O)[O-])ccc1NC1CCN(C2CCCC2)C1. The minimum absolute atomic E-state index is 0.0406. The smallest absolute Gasteiger partial charge is 0.270 e. The van der Waals surface area contributed by atoms with Gasteiger partial charge in [0.2, 0.25) is 0 Å². The lowest BCUT2D eigenvalue weighted by Crippen LogP contribution is -2.33. The highest BCUT2D eigenvalue weighted by atomic mass is 16.6. The van der Waals surface area contributed by atoms with E-state index in [1.54, 1.807) is 6.07 Å². The number of anilines is 1. The molecule has 1 aliphatic heterocycles. The molecular weight excluding hydrogens is 280 g/mol. The molecule has 6 heteroatoms. The number of rotatable bonds is 4. The molecule has 1 aliphatic carbocycles. The van der Waals surface area contributed by atoms with Crippen LogP contribution in [0, 0.1) is 21.4 Å². The Labute approximate surface area is 129 Å². The van der Waals surface area contributed by atoms with Crippen LogP contribution in [0.4, 0.5) is 11.4 Å². The first-order valence-electron chi connectivity index (χ1n) is 7.86. The number of nitro benzene ring substituents is 1. The second-order valence-electron chi connectivity index (χ2n) is 6.16. The van der Waals surface area contributed by atoms with Crippen LogP contribution in [0.3, 0.4) is 0 Å². The molecule has 1 heterocycles. The van der Waals surface area contributed by atoms with Crippen molar-refractivity contribution in [3.05, 3.63) is 33.9 Å². The highest BCUT2D eigenvalue weighted by molar-refractivity contribution is 5.61. The quantitative estimate of drug-likeness (QED) is 0.683. The number of nitriles is 1. The molecule has 1 unspecified atom stereocenters. The minimum Gasteiger partial charge on any atom is -0.380 e. The van der Waals surface area contributed by atoms with Gasteiger partial charge in [0, 0.05) is 37.3 Å². The summed E-state index contributed by atoms with van der Waals surface area (Å²) >= 11 is 0. The van der Waals surface area contributed by atoms with Crippen LogP contribution in [-0.2, 0) is 0 Å². The molecule has 0 spiro atoms. The molecule has 1 N–H and O–H groups in total. The maximum absolute atomic E-state index is 10.8. The van der Waals surface area contributed by atoms with E-state index in [9.17, 15) is 15.4 Å². The molecule has 0 radical (unpaired) electrons. The Balaban J connectivity index is 1.66. The van der Waals surface area contributed by atoms with Crippen molar-refractivity contribution < 1.29 is 4.92 Å². The number of nitrogens with one attached hydrogen (secondary N) is 1. The molecular formula is C16H20N4O2. The monoisotopic (exact) mass is 300 g/mol. The van der Waals surface area contributed by atoms with Gasteiger partial charge in [-0.15, -0.1) is 0 Å². The Morgan fingerprint density at radius 1 is 1.32 bits per heavy atom. The van der Waals surface area contributed by atoms with Gasteiger partial charge in [-0.3, -0.25) is 15.0 Å². The third-order valence-corrected chi connectivity index (χ3v) is 4.75. The van der Waals surface area contributed by atoms with E-state index in [1.807, 2.05) is 0 Å².